The van der Waals surface area contributed by atoms with E-state index in [1.54, 1.807) is 25.7 Å². The molecule has 1 heterocycles. The van der Waals surface area contributed by atoms with Crippen molar-refractivity contribution in [3.05, 3.63) is 35.4 Å². The van der Waals surface area contributed by atoms with Crippen LogP contribution in [0.15, 0.2) is 18.2 Å². The number of rotatable bonds is 1. The predicted molar refractivity (Wildman–Crippen MR) is 74.9 cm³/mol. The van der Waals surface area contributed by atoms with E-state index in [1.165, 1.54) is 12.1 Å². The number of amides is 1. The van der Waals surface area contributed by atoms with Crippen LogP contribution in [0.5, 0.6) is 0 Å². The summed E-state index contributed by atoms with van der Waals surface area (Å²) in [6.07, 6.45) is -0.411. The third-order valence-corrected chi connectivity index (χ3v) is 3.11. The molecule has 4 nitrogen and oxygen atoms in total. The molecule has 1 atom stereocenters. The number of ether oxygens (including phenoxy) is 1. The Morgan fingerprint density at radius 1 is 1.29 bits per heavy atom. The normalized spacial score (nSPS) is 19.5. The van der Waals surface area contributed by atoms with Gasteiger partial charge in [0.05, 0.1) is 6.04 Å². The maximum absolute atomic E-state index is 13.3. The quantitative estimate of drug-likeness (QED) is 0.867. The monoisotopic (exact) mass is 298 g/mol. The lowest BCUT2D eigenvalue weighted by molar-refractivity contribution is 0.0195. The number of nitrogens with one attached hydrogen (secondary N) is 1. The van der Waals surface area contributed by atoms with E-state index < -0.39 is 23.3 Å². The minimum absolute atomic E-state index is 0.309. The Hall–Kier alpha value is -1.69. The molecular formula is C15H20F2N2O2. The van der Waals surface area contributed by atoms with Gasteiger partial charge in [0, 0.05) is 25.7 Å². The lowest BCUT2D eigenvalue weighted by Gasteiger charge is -2.35. The third kappa shape index (κ3) is 4.39. The van der Waals surface area contributed by atoms with Gasteiger partial charge in [-0.05, 0) is 38.5 Å². The highest BCUT2D eigenvalue weighted by molar-refractivity contribution is 5.68. The fraction of sp³-hybridized carbons (Fsp3) is 0.533. The molecule has 1 aromatic carbocycles. The lowest BCUT2D eigenvalue weighted by atomic mass is 10.0. The Bertz CT molecular complexity index is 509. The molecule has 1 aliphatic rings. The topological polar surface area (TPSA) is 41.6 Å². The summed E-state index contributed by atoms with van der Waals surface area (Å²) in [6, 6.07) is 3.08. The smallest absolute Gasteiger partial charge is 0.410 e. The van der Waals surface area contributed by atoms with E-state index in [9.17, 15) is 13.6 Å². The van der Waals surface area contributed by atoms with Crippen LogP contribution in [0.4, 0.5) is 13.6 Å². The van der Waals surface area contributed by atoms with Crippen molar-refractivity contribution in [3.8, 4) is 0 Å². The van der Waals surface area contributed by atoms with E-state index in [2.05, 4.69) is 5.32 Å². The van der Waals surface area contributed by atoms with Gasteiger partial charge < -0.3 is 15.0 Å². The van der Waals surface area contributed by atoms with Crippen LogP contribution in [0.3, 0.4) is 0 Å². The van der Waals surface area contributed by atoms with E-state index in [0.29, 0.717) is 25.2 Å². The molecule has 0 radical (unpaired) electrons. The molecule has 0 spiro atoms. The first-order valence-electron chi connectivity index (χ1n) is 6.92. The van der Waals surface area contributed by atoms with E-state index in [0.717, 1.165) is 6.07 Å². The first kappa shape index (κ1) is 15.7. The van der Waals surface area contributed by atoms with Gasteiger partial charge in [-0.15, -0.1) is 0 Å². The van der Waals surface area contributed by atoms with Crippen molar-refractivity contribution in [2.75, 3.05) is 19.6 Å². The maximum atomic E-state index is 13.3. The van der Waals surface area contributed by atoms with Crippen molar-refractivity contribution in [1.82, 2.24) is 10.2 Å². The molecule has 0 unspecified atom stereocenters. The molecule has 2 rings (SSSR count). The van der Waals surface area contributed by atoms with Crippen LogP contribution in [0.25, 0.3) is 0 Å². The molecule has 1 saturated heterocycles. The average Bonchev–Trinajstić information content (AvgIpc) is 2.36. The molecule has 21 heavy (non-hydrogen) atoms. The summed E-state index contributed by atoms with van der Waals surface area (Å²) in [5, 5.41) is 3.15. The zero-order valence-corrected chi connectivity index (χ0v) is 12.5. The van der Waals surface area contributed by atoms with Crippen molar-refractivity contribution >= 4 is 6.09 Å². The van der Waals surface area contributed by atoms with Crippen LogP contribution in [0.1, 0.15) is 32.4 Å². The molecule has 0 saturated carbocycles. The Kier molecular flexibility index (Phi) is 4.46. The highest BCUT2D eigenvalue weighted by Crippen LogP contribution is 2.21. The van der Waals surface area contributed by atoms with Crippen LogP contribution in [-0.4, -0.2) is 36.2 Å². The number of carbonyl (C=O) groups is 1. The Labute approximate surface area is 123 Å². The van der Waals surface area contributed by atoms with E-state index in [1.807, 2.05) is 0 Å². The second-order valence-corrected chi connectivity index (χ2v) is 6.14. The molecule has 0 aliphatic carbocycles. The van der Waals surface area contributed by atoms with Crippen molar-refractivity contribution in [2.24, 2.45) is 0 Å². The predicted octanol–water partition coefficient (Wildman–Crippen LogP) is 2.85. The molecule has 6 heteroatoms. The van der Waals surface area contributed by atoms with Crippen LogP contribution in [0, 0.1) is 11.6 Å². The highest BCUT2D eigenvalue weighted by atomic mass is 19.1. The SMILES string of the molecule is CC(C)(C)OC(=O)N1CCN[C@@H](c2cc(F)cc(F)c2)C1. The molecule has 0 bridgehead atoms. The molecule has 116 valence electrons. The molecule has 1 amide bonds. The van der Waals surface area contributed by atoms with Crippen molar-refractivity contribution in [3.63, 3.8) is 0 Å². The van der Waals surface area contributed by atoms with Gasteiger partial charge >= 0.3 is 6.09 Å². The lowest BCUT2D eigenvalue weighted by Crippen LogP contribution is -2.49. The molecule has 1 N–H and O–H groups in total. The Morgan fingerprint density at radius 3 is 2.48 bits per heavy atom. The standard InChI is InChI=1S/C15H20F2N2O2/c1-15(2,3)21-14(20)19-5-4-18-13(9-19)10-6-11(16)8-12(17)7-10/h6-8,13,18H,4-5,9H2,1-3H3/t13-/m1/s1. The third-order valence-electron chi connectivity index (χ3n) is 3.11. The zero-order chi connectivity index (χ0) is 15.6. The molecule has 1 aromatic rings. The van der Waals surface area contributed by atoms with E-state index >= 15 is 0 Å². The minimum atomic E-state index is -0.624. The van der Waals surface area contributed by atoms with Crippen LogP contribution in [-0.2, 0) is 4.74 Å². The first-order chi connectivity index (χ1) is 9.74. The Morgan fingerprint density at radius 2 is 1.90 bits per heavy atom. The number of piperazine rings is 1. The van der Waals surface area contributed by atoms with Gasteiger partial charge in [-0.3, -0.25) is 0 Å². The number of halogens is 2. The summed E-state index contributed by atoms with van der Waals surface area (Å²) in [5.74, 6) is -1.25. The largest absolute Gasteiger partial charge is 0.444 e. The second kappa shape index (κ2) is 5.97. The fourth-order valence-corrected chi connectivity index (χ4v) is 2.24. The van der Waals surface area contributed by atoms with Gasteiger partial charge in [0.1, 0.15) is 17.2 Å². The van der Waals surface area contributed by atoms with Gasteiger partial charge in [-0.1, -0.05) is 0 Å². The van der Waals surface area contributed by atoms with Crippen molar-refractivity contribution in [1.29, 1.82) is 0 Å². The zero-order valence-electron chi connectivity index (χ0n) is 12.5. The van der Waals surface area contributed by atoms with Crippen molar-refractivity contribution < 1.29 is 18.3 Å². The highest BCUT2D eigenvalue weighted by Gasteiger charge is 2.28. The number of carbonyl (C=O) groups excluding carboxylic acids is 1. The molecule has 0 aromatic heterocycles. The first-order valence-corrected chi connectivity index (χ1v) is 6.92. The molecular weight excluding hydrogens is 278 g/mol. The van der Waals surface area contributed by atoms with Crippen LogP contribution in [0.2, 0.25) is 0 Å². The van der Waals surface area contributed by atoms with Crippen LogP contribution >= 0.6 is 0 Å². The second-order valence-electron chi connectivity index (χ2n) is 6.14. The number of nitrogens with zero attached hydrogens (tertiary/aromatic N) is 1. The summed E-state index contributed by atoms with van der Waals surface area (Å²) < 4.78 is 31.9. The van der Waals surface area contributed by atoms with Gasteiger partial charge in [0.15, 0.2) is 0 Å². The number of benzene rings is 1. The number of hydrogen-bond acceptors (Lipinski definition) is 3. The van der Waals surface area contributed by atoms with Crippen LogP contribution < -0.4 is 5.32 Å². The molecule has 1 aliphatic heterocycles. The van der Waals surface area contributed by atoms with Gasteiger partial charge in [-0.2, -0.15) is 0 Å². The summed E-state index contributed by atoms with van der Waals surface area (Å²) in [5.41, 5.74) is -0.0802. The van der Waals surface area contributed by atoms with Gasteiger partial charge in [-0.25, -0.2) is 13.6 Å². The average molecular weight is 298 g/mol. The fourth-order valence-electron chi connectivity index (χ4n) is 2.24. The van der Waals surface area contributed by atoms with Crippen molar-refractivity contribution in [2.45, 2.75) is 32.4 Å². The summed E-state index contributed by atoms with van der Waals surface area (Å²) in [6.45, 7) is 6.76. The van der Waals surface area contributed by atoms with E-state index in [4.69, 9.17) is 4.74 Å². The molecule has 1 fully saturated rings. The maximum Gasteiger partial charge on any atom is 0.410 e. The van der Waals surface area contributed by atoms with Gasteiger partial charge in [0.25, 0.3) is 0 Å². The van der Waals surface area contributed by atoms with E-state index in [-0.39, 0.29) is 6.04 Å². The number of hydrogen-bond donors (Lipinski definition) is 1. The summed E-state index contributed by atoms with van der Waals surface area (Å²) in [7, 11) is 0. The summed E-state index contributed by atoms with van der Waals surface area (Å²) >= 11 is 0. The minimum Gasteiger partial charge on any atom is -0.444 e. The van der Waals surface area contributed by atoms with Gasteiger partial charge in [0.2, 0.25) is 0 Å². The summed E-state index contributed by atoms with van der Waals surface area (Å²) in [4.78, 5) is 13.6. The Balaban J connectivity index is 2.08.